The van der Waals surface area contributed by atoms with Gasteiger partial charge >= 0.3 is 7.82 Å². The summed E-state index contributed by atoms with van der Waals surface area (Å²) in [6.07, 6.45) is 6.58. The highest BCUT2D eigenvalue weighted by molar-refractivity contribution is 7.46. The maximum absolute atomic E-state index is 11.5. The van der Waals surface area contributed by atoms with Crippen LogP contribution >= 0.6 is 7.82 Å². The van der Waals surface area contributed by atoms with Crippen LogP contribution in [-0.2, 0) is 23.3 Å². The zero-order valence-corrected chi connectivity index (χ0v) is 17.7. The van der Waals surface area contributed by atoms with Crippen LogP contribution in [0.2, 0.25) is 0 Å². The Morgan fingerprint density at radius 2 is 1.15 bits per heavy atom. The van der Waals surface area contributed by atoms with E-state index in [4.69, 9.17) is 18.7 Å². The predicted molar refractivity (Wildman–Crippen MR) is 102 cm³/mol. The fraction of sp³-hybridized carbons (Fsp3) is 1.00. The van der Waals surface area contributed by atoms with E-state index in [2.05, 4.69) is 20.8 Å². The first-order valence-corrected chi connectivity index (χ1v) is 11.4. The van der Waals surface area contributed by atoms with Gasteiger partial charge in [-0.1, -0.05) is 40.0 Å². The fourth-order valence-corrected chi connectivity index (χ4v) is 3.10. The monoisotopic (exact) mass is 398 g/mol. The minimum atomic E-state index is -4.66. The van der Waals surface area contributed by atoms with E-state index in [1.807, 2.05) is 0 Å². The van der Waals surface area contributed by atoms with Crippen LogP contribution in [0.15, 0.2) is 0 Å². The largest absolute Gasteiger partial charge is 0.470 e. The topological polar surface area (TPSA) is 94.5 Å². The van der Waals surface area contributed by atoms with Crippen LogP contribution in [0.4, 0.5) is 0 Å². The standard InChI is InChI=1S/C18H39O7P/c1-4-7-12-22-15-10-18(25-26(19,20)21,17-24-14-9-6-3)11-16-23-13-8-5-2/h4-17H2,1-3H3,(H2,19,20,21). The van der Waals surface area contributed by atoms with E-state index in [0.29, 0.717) is 45.9 Å². The maximum atomic E-state index is 11.5. The average molecular weight is 398 g/mol. The molecule has 0 saturated carbocycles. The highest BCUT2D eigenvalue weighted by atomic mass is 31.2. The molecule has 26 heavy (non-hydrogen) atoms. The Morgan fingerprint density at radius 3 is 1.54 bits per heavy atom. The molecule has 0 radical (unpaired) electrons. The second-order valence-electron chi connectivity index (χ2n) is 6.60. The molecule has 0 aromatic carbocycles. The van der Waals surface area contributed by atoms with Gasteiger partial charge in [0.15, 0.2) is 0 Å². The Morgan fingerprint density at radius 1 is 0.731 bits per heavy atom. The van der Waals surface area contributed by atoms with E-state index in [0.717, 1.165) is 38.5 Å². The summed E-state index contributed by atoms with van der Waals surface area (Å²) >= 11 is 0. The molecule has 7 nitrogen and oxygen atoms in total. The van der Waals surface area contributed by atoms with Gasteiger partial charge < -0.3 is 24.0 Å². The smallest absolute Gasteiger partial charge is 0.381 e. The summed E-state index contributed by atoms with van der Waals surface area (Å²) in [7, 11) is -4.66. The number of phosphoric acid groups is 1. The van der Waals surface area contributed by atoms with Gasteiger partial charge in [0.05, 0.1) is 6.61 Å². The van der Waals surface area contributed by atoms with Crippen LogP contribution in [0.25, 0.3) is 0 Å². The Kier molecular flexibility index (Phi) is 16.0. The Hall–Kier alpha value is -0.0100. The first-order chi connectivity index (χ1) is 12.4. The second kappa shape index (κ2) is 16.0. The first-order valence-electron chi connectivity index (χ1n) is 9.88. The van der Waals surface area contributed by atoms with E-state index in [9.17, 15) is 14.4 Å². The minimum Gasteiger partial charge on any atom is -0.381 e. The molecule has 0 bridgehead atoms. The lowest BCUT2D eigenvalue weighted by molar-refractivity contribution is -0.0771. The van der Waals surface area contributed by atoms with Gasteiger partial charge in [-0.25, -0.2) is 4.57 Å². The van der Waals surface area contributed by atoms with E-state index in [1.165, 1.54) is 0 Å². The molecule has 0 aromatic heterocycles. The quantitative estimate of drug-likeness (QED) is 0.250. The van der Waals surface area contributed by atoms with E-state index < -0.39 is 13.4 Å². The van der Waals surface area contributed by atoms with Crippen molar-refractivity contribution in [3.8, 4) is 0 Å². The third-order valence-electron chi connectivity index (χ3n) is 4.01. The zero-order valence-electron chi connectivity index (χ0n) is 16.8. The van der Waals surface area contributed by atoms with Crippen molar-refractivity contribution in [2.75, 3.05) is 39.6 Å². The third-order valence-corrected chi connectivity index (χ3v) is 4.63. The maximum Gasteiger partial charge on any atom is 0.470 e. The lowest BCUT2D eigenvalue weighted by Gasteiger charge is -2.33. The van der Waals surface area contributed by atoms with Gasteiger partial charge in [0, 0.05) is 45.9 Å². The van der Waals surface area contributed by atoms with Crippen molar-refractivity contribution < 1.29 is 33.1 Å². The van der Waals surface area contributed by atoms with Gasteiger partial charge in [0.1, 0.15) is 5.60 Å². The van der Waals surface area contributed by atoms with Gasteiger partial charge in [0.25, 0.3) is 0 Å². The molecule has 0 atom stereocenters. The summed E-state index contributed by atoms with van der Waals surface area (Å²) in [4.78, 5) is 18.8. The molecule has 0 amide bonds. The van der Waals surface area contributed by atoms with Crippen molar-refractivity contribution in [1.82, 2.24) is 0 Å². The summed E-state index contributed by atoms with van der Waals surface area (Å²) < 4.78 is 33.6. The van der Waals surface area contributed by atoms with Crippen molar-refractivity contribution in [3.63, 3.8) is 0 Å². The average Bonchev–Trinajstić information content (AvgIpc) is 2.57. The van der Waals surface area contributed by atoms with Crippen molar-refractivity contribution in [1.29, 1.82) is 0 Å². The van der Waals surface area contributed by atoms with Gasteiger partial charge in [-0.15, -0.1) is 0 Å². The number of hydrogen-bond acceptors (Lipinski definition) is 5. The molecule has 0 rings (SSSR count). The zero-order chi connectivity index (χ0) is 19.7. The molecule has 0 aromatic rings. The van der Waals surface area contributed by atoms with Gasteiger partial charge in [-0.2, -0.15) is 0 Å². The summed E-state index contributed by atoms with van der Waals surface area (Å²) in [5.74, 6) is 0. The number of ether oxygens (including phenoxy) is 3. The van der Waals surface area contributed by atoms with Crippen molar-refractivity contribution >= 4 is 7.82 Å². The number of phosphoric ester groups is 1. The molecular formula is C18H39O7P. The highest BCUT2D eigenvalue weighted by Gasteiger charge is 2.38. The lowest BCUT2D eigenvalue weighted by Crippen LogP contribution is -2.40. The molecule has 0 aliphatic rings. The molecule has 8 heteroatoms. The molecule has 2 N–H and O–H groups in total. The van der Waals surface area contributed by atoms with Crippen molar-refractivity contribution in [2.24, 2.45) is 0 Å². The van der Waals surface area contributed by atoms with Crippen LogP contribution < -0.4 is 0 Å². The number of unbranched alkanes of at least 4 members (excludes halogenated alkanes) is 3. The summed E-state index contributed by atoms with van der Waals surface area (Å²) in [5, 5.41) is 0. The van der Waals surface area contributed by atoms with E-state index in [1.54, 1.807) is 0 Å². The predicted octanol–water partition coefficient (Wildman–Crippen LogP) is 4.06. The third kappa shape index (κ3) is 15.1. The van der Waals surface area contributed by atoms with E-state index in [-0.39, 0.29) is 6.61 Å². The Labute approximate surface area is 159 Å². The Bertz CT molecular complexity index is 345. The van der Waals surface area contributed by atoms with Gasteiger partial charge in [-0.05, 0) is 19.3 Å². The van der Waals surface area contributed by atoms with Crippen LogP contribution in [0.1, 0.15) is 72.1 Å². The fourth-order valence-electron chi connectivity index (χ4n) is 2.36. The number of rotatable bonds is 19. The minimum absolute atomic E-state index is 0.117. The van der Waals surface area contributed by atoms with Crippen molar-refractivity contribution in [2.45, 2.75) is 77.7 Å². The van der Waals surface area contributed by atoms with Crippen LogP contribution in [0.5, 0.6) is 0 Å². The summed E-state index contributed by atoms with van der Waals surface area (Å²) in [5.41, 5.74) is -1.11. The van der Waals surface area contributed by atoms with E-state index >= 15 is 0 Å². The van der Waals surface area contributed by atoms with Crippen LogP contribution in [-0.4, -0.2) is 55.0 Å². The summed E-state index contributed by atoms with van der Waals surface area (Å²) in [6.45, 7) is 8.88. The molecule has 0 spiro atoms. The second-order valence-corrected chi connectivity index (χ2v) is 7.77. The molecule has 0 unspecified atom stereocenters. The molecule has 0 fully saturated rings. The SMILES string of the molecule is CCCCOCCC(CCOCCCC)(COCCCC)OP(=O)(O)O. The lowest BCUT2D eigenvalue weighted by atomic mass is 9.97. The van der Waals surface area contributed by atoms with Crippen LogP contribution in [0.3, 0.4) is 0 Å². The van der Waals surface area contributed by atoms with Crippen molar-refractivity contribution in [3.05, 3.63) is 0 Å². The van der Waals surface area contributed by atoms with Crippen LogP contribution in [0, 0.1) is 0 Å². The molecule has 0 saturated heterocycles. The molecule has 0 aliphatic carbocycles. The molecule has 158 valence electrons. The van der Waals surface area contributed by atoms with Gasteiger partial charge in [-0.3, -0.25) is 4.52 Å². The Balaban J connectivity index is 4.79. The number of hydrogen-bond donors (Lipinski definition) is 2. The molecule has 0 heterocycles. The summed E-state index contributed by atoms with van der Waals surface area (Å²) in [6, 6.07) is 0. The highest BCUT2D eigenvalue weighted by Crippen LogP contribution is 2.44. The normalized spacial score (nSPS) is 12.7. The first kappa shape index (κ1) is 26.0. The molecule has 0 aliphatic heterocycles. The van der Waals surface area contributed by atoms with Gasteiger partial charge in [0.2, 0.25) is 0 Å². The molecular weight excluding hydrogens is 359 g/mol.